The maximum atomic E-state index is 12.2. The minimum absolute atomic E-state index is 0.0278. The van der Waals surface area contributed by atoms with Crippen molar-refractivity contribution in [3.8, 4) is 0 Å². The van der Waals surface area contributed by atoms with Gasteiger partial charge in [0.05, 0.1) is 4.92 Å². The number of nitrogens with one attached hydrogen (secondary N) is 1. The molecule has 0 radical (unpaired) electrons. The van der Waals surface area contributed by atoms with Crippen molar-refractivity contribution < 1.29 is 9.72 Å². The van der Waals surface area contributed by atoms with Gasteiger partial charge in [0.15, 0.2) is 0 Å². The Morgan fingerprint density at radius 3 is 2.70 bits per heavy atom. The van der Waals surface area contributed by atoms with Crippen molar-refractivity contribution in [2.45, 2.75) is 13.8 Å². The second-order valence-electron chi connectivity index (χ2n) is 4.40. The molecular formula is C14H13N3O3. The number of hydrogen-bond acceptors (Lipinski definition) is 4. The number of rotatable bonds is 3. The van der Waals surface area contributed by atoms with Gasteiger partial charge in [-0.2, -0.15) is 0 Å². The third-order valence-corrected chi connectivity index (χ3v) is 2.83. The molecule has 0 saturated carbocycles. The molecule has 0 atom stereocenters. The molecule has 0 unspecified atom stereocenters. The maximum absolute atomic E-state index is 12.2. The van der Waals surface area contributed by atoms with Gasteiger partial charge in [-0.1, -0.05) is 12.1 Å². The van der Waals surface area contributed by atoms with Crippen molar-refractivity contribution in [2.24, 2.45) is 0 Å². The topological polar surface area (TPSA) is 85.1 Å². The molecule has 0 bridgehead atoms. The molecule has 102 valence electrons. The normalized spacial score (nSPS) is 10.1. The van der Waals surface area contributed by atoms with Gasteiger partial charge in [0.25, 0.3) is 11.6 Å². The summed E-state index contributed by atoms with van der Waals surface area (Å²) >= 11 is 0. The van der Waals surface area contributed by atoms with E-state index >= 15 is 0 Å². The van der Waals surface area contributed by atoms with Crippen molar-refractivity contribution in [3.63, 3.8) is 0 Å². The van der Waals surface area contributed by atoms with Crippen molar-refractivity contribution in [3.05, 3.63) is 63.3 Å². The Kier molecular flexibility index (Phi) is 3.74. The standard InChI is InChI=1S/C14H13N3O3/c1-9-5-6-12(17(19)20)11(8-9)14(18)16-13-10(2)4-3-7-15-13/h3-8H,1-2H3,(H,15,16,18). The third kappa shape index (κ3) is 2.80. The highest BCUT2D eigenvalue weighted by atomic mass is 16.6. The molecule has 1 N–H and O–H groups in total. The van der Waals surface area contributed by atoms with Crippen LogP contribution >= 0.6 is 0 Å². The SMILES string of the molecule is Cc1ccc([N+](=O)[O-])c(C(=O)Nc2ncccc2C)c1. The van der Waals surface area contributed by atoms with Gasteiger partial charge in [-0.05, 0) is 37.1 Å². The molecule has 20 heavy (non-hydrogen) atoms. The number of pyridine rings is 1. The molecule has 6 heteroatoms. The van der Waals surface area contributed by atoms with Gasteiger partial charge in [0, 0.05) is 12.3 Å². The lowest BCUT2D eigenvalue weighted by atomic mass is 10.1. The smallest absolute Gasteiger partial charge is 0.282 e. The van der Waals surface area contributed by atoms with Crippen molar-refractivity contribution in [2.75, 3.05) is 5.32 Å². The van der Waals surface area contributed by atoms with Crippen LogP contribution in [-0.2, 0) is 0 Å². The Bertz CT molecular complexity index is 683. The van der Waals surface area contributed by atoms with Crippen LogP contribution in [0.3, 0.4) is 0 Å². The zero-order valence-electron chi connectivity index (χ0n) is 11.1. The van der Waals surface area contributed by atoms with E-state index in [0.717, 1.165) is 11.1 Å². The van der Waals surface area contributed by atoms with E-state index < -0.39 is 10.8 Å². The minimum Gasteiger partial charge on any atom is -0.306 e. The van der Waals surface area contributed by atoms with Gasteiger partial charge < -0.3 is 5.32 Å². The highest BCUT2D eigenvalue weighted by molar-refractivity contribution is 6.07. The number of benzene rings is 1. The van der Waals surface area contributed by atoms with Crippen LogP contribution in [0.5, 0.6) is 0 Å². The van der Waals surface area contributed by atoms with Crippen LogP contribution in [0.1, 0.15) is 21.5 Å². The summed E-state index contributed by atoms with van der Waals surface area (Å²) in [6, 6.07) is 7.97. The van der Waals surface area contributed by atoms with Crippen LogP contribution in [0.2, 0.25) is 0 Å². The molecule has 6 nitrogen and oxygen atoms in total. The molecule has 0 spiro atoms. The highest BCUT2D eigenvalue weighted by Crippen LogP contribution is 2.21. The molecule has 2 aromatic rings. The number of hydrogen-bond donors (Lipinski definition) is 1. The summed E-state index contributed by atoms with van der Waals surface area (Å²) in [7, 11) is 0. The number of nitro groups is 1. The quantitative estimate of drug-likeness (QED) is 0.687. The Labute approximate surface area is 115 Å². The largest absolute Gasteiger partial charge is 0.306 e. The first-order valence-electron chi connectivity index (χ1n) is 5.97. The highest BCUT2D eigenvalue weighted by Gasteiger charge is 2.20. The number of aryl methyl sites for hydroxylation is 2. The summed E-state index contributed by atoms with van der Waals surface area (Å²) < 4.78 is 0. The van der Waals surface area contributed by atoms with Crippen LogP contribution < -0.4 is 5.32 Å². The van der Waals surface area contributed by atoms with Gasteiger partial charge >= 0.3 is 0 Å². The maximum Gasteiger partial charge on any atom is 0.282 e. The molecule has 0 aliphatic carbocycles. The Balaban J connectivity index is 2.37. The molecule has 0 aliphatic rings. The molecule has 0 saturated heterocycles. The van der Waals surface area contributed by atoms with Crippen LogP contribution in [0, 0.1) is 24.0 Å². The van der Waals surface area contributed by atoms with Crippen molar-refractivity contribution in [1.29, 1.82) is 0 Å². The molecule has 0 aliphatic heterocycles. The van der Waals surface area contributed by atoms with E-state index in [1.165, 1.54) is 12.1 Å². The summed E-state index contributed by atoms with van der Waals surface area (Å²) in [6.07, 6.45) is 1.55. The zero-order chi connectivity index (χ0) is 14.7. The van der Waals surface area contributed by atoms with Crippen LogP contribution in [0.15, 0.2) is 36.5 Å². The first-order valence-corrected chi connectivity index (χ1v) is 5.97. The summed E-state index contributed by atoms with van der Waals surface area (Å²) in [5, 5.41) is 13.6. The van der Waals surface area contributed by atoms with Crippen LogP contribution in [-0.4, -0.2) is 15.8 Å². The Hall–Kier alpha value is -2.76. The fraction of sp³-hybridized carbons (Fsp3) is 0.143. The van der Waals surface area contributed by atoms with Gasteiger partial charge in [-0.25, -0.2) is 4.98 Å². The van der Waals surface area contributed by atoms with E-state index in [0.29, 0.717) is 5.82 Å². The van der Waals surface area contributed by atoms with Crippen molar-refractivity contribution in [1.82, 2.24) is 4.98 Å². The minimum atomic E-state index is -0.570. The van der Waals surface area contributed by atoms with Crippen LogP contribution in [0.4, 0.5) is 11.5 Å². The van der Waals surface area contributed by atoms with Gasteiger partial charge in [0.1, 0.15) is 11.4 Å². The van der Waals surface area contributed by atoms with Gasteiger partial charge in [-0.3, -0.25) is 14.9 Å². The van der Waals surface area contributed by atoms with Crippen LogP contribution in [0.25, 0.3) is 0 Å². The summed E-state index contributed by atoms with van der Waals surface area (Å²) in [5.74, 6) is -0.143. The average molecular weight is 271 g/mol. The van der Waals surface area contributed by atoms with Gasteiger partial charge in [0.2, 0.25) is 0 Å². The lowest BCUT2D eigenvalue weighted by Crippen LogP contribution is -2.15. The number of carbonyl (C=O) groups excluding carboxylic acids is 1. The molecular weight excluding hydrogens is 258 g/mol. The predicted octanol–water partition coefficient (Wildman–Crippen LogP) is 2.86. The van der Waals surface area contributed by atoms with E-state index in [1.54, 1.807) is 38.2 Å². The summed E-state index contributed by atoms with van der Waals surface area (Å²) in [5.41, 5.74) is 1.37. The van der Waals surface area contributed by atoms with E-state index in [2.05, 4.69) is 10.3 Å². The van der Waals surface area contributed by atoms with E-state index in [4.69, 9.17) is 0 Å². The summed E-state index contributed by atoms with van der Waals surface area (Å²) in [6.45, 7) is 3.57. The van der Waals surface area contributed by atoms with Crippen molar-refractivity contribution >= 4 is 17.4 Å². The van der Waals surface area contributed by atoms with E-state index in [9.17, 15) is 14.9 Å². The second-order valence-corrected chi connectivity index (χ2v) is 4.40. The van der Waals surface area contributed by atoms with E-state index in [-0.39, 0.29) is 11.3 Å². The third-order valence-electron chi connectivity index (χ3n) is 2.83. The zero-order valence-corrected chi connectivity index (χ0v) is 11.1. The predicted molar refractivity (Wildman–Crippen MR) is 74.8 cm³/mol. The first kappa shape index (κ1) is 13.7. The lowest BCUT2D eigenvalue weighted by Gasteiger charge is -2.07. The number of amides is 1. The molecule has 1 aromatic heterocycles. The lowest BCUT2D eigenvalue weighted by molar-refractivity contribution is -0.385. The first-order chi connectivity index (χ1) is 9.49. The fourth-order valence-electron chi connectivity index (χ4n) is 1.78. The molecule has 2 rings (SSSR count). The Morgan fingerprint density at radius 1 is 1.30 bits per heavy atom. The average Bonchev–Trinajstić information content (AvgIpc) is 2.40. The molecule has 1 amide bonds. The second kappa shape index (κ2) is 5.48. The number of aromatic nitrogens is 1. The van der Waals surface area contributed by atoms with E-state index in [1.807, 2.05) is 0 Å². The molecule has 1 heterocycles. The molecule has 1 aromatic carbocycles. The summed E-state index contributed by atoms with van der Waals surface area (Å²) in [4.78, 5) is 26.6. The Morgan fingerprint density at radius 2 is 2.05 bits per heavy atom. The van der Waals surface area contributed by atoms with Gasteiger partial charge in [-0.15, -0.1) is 0 Å². The fourth-order valence-corrected chi connectivity index (χ4v) is 1.78. The molecule has 0 fully saturated rings. The number of carbonyl (C=O) groups is 1. The number of nitro benzene ring substituents is 1. The number of nitrogens with zero attached hydrogens (tertiary/aromatic N) is 2. The number of anilines is 1. The monoisotopic (exact) mass is 271 g/mol.